The number of carbonyl (C=O) groups excluding carboxylic acids is 1. The minimum absolute atomic E-state index is 0.101. The zero-order valence-electron chi connectivity index (χ0n) is 14.8. The Balaban J connectivity index is 2.03. The maximum absolute atomic E-state index is 12.2. The van der Waals surface area contributed by atoms with Gasteiger partial charge in [0.25, 0.3) is 0 Å². The van der Waals surface area contributed by atoms with E-state index in [1.807, 2.05) is 67.4 Å². The van der Waals surface area contributed by atoms with E-state index in [-0.39, 0.29) is 12.5 Å². The Morgan fingerprint density at radius 2 is 1.96 bits per heavy atom. The summed E-state index contributed by atoms with van der Waals surface area (Å²) in [6.07, 6.45) is 1.57. The molecule has 2 rings (SSSR count). The lowest BCUT2D eigenvalue weighted by Crippen LogP contribution is -2.21. The molecule has 0 aliphatic heterocycles. The molecule has 2 N–H and O–H groups in total. The second-order valence-corrected chi connectivity index (χ2v) is 5.74. The first kappa shape index (κ1) is 18.5. The van der Waals surface area contributed by atoms with E-state index in [0.29, 0.717) is 6.54 Å². The maximum Gasteiger partial charge on any atom is 0.248 e. The Morgan fingerprint density at radius 3 is 2.60 bits per heavy atom. The van der Waals surface area contributed by atoms with E-state index >= 15 is 0 Å². The molecule has 0 fully saturated rings. The zero-order valence-corrected chi connectivity index (χ0v) is 14.8. The zero-order chi connectivity index (χ0) is 18.2. The Hall–Kier alpha value is -2.79. The van der Waals surface area contributed by atoms with Crippen LogP contribution in [0.3, 0.4) is 0 Å². The van der Waals surface area contributed by atoms with Crippen molar-refractivity contribution in [1.29, 1.82) is 0 Å². The quantitative estimate of drug-likeness (QED) is 0.760. The van der Waals surface area contributed by atoms with Crippen LogP contribution in [0.1, 0.15) is 12.5 Å². The fourth-order valence-corrected chi connectivity index (χ4v) is 2.41. The van der Waals surface area contributed by atoms with Crippen molar-refractivity contribution in [3.05, 3.63) is 60.2 Å². The minimum Gasteiger partial charge on any atom is -0.497 e. The summed E-state index contributed by atoms with van der Waals surface area (Å²) in [4.78, 5) is 14.2. The largest absolute Gasteiger partial charge is 0.497 e. The Bertz CT molecular complexity index is 739. The Labute approximate surface area is 148 Å². The maximum atomic E-state index is 12.2. The van der Waals surface area contributed by atoms with Crippen LogP contribution in [0.25, 0.3) is 5.57 Å². The smallest absolute Gasteiger partial charge is 0.248 e. The number of methoxy groups -OCH3 is 1. The molecule has 25 heavy (non-hydrogen) atoms. The number of allylic oxidation sites excluding steroid dienone is 1. The van der Waals surface area contributed by atoms with Crippen LogP contribution in [-0.2, 0) is 4.79 Å². The van der Waals surface area contributed by atoms with E-state index in [1.165, 1.54) is 0 Å². The van der Waals surface area contributed by atoms with Crippen LogP contribution in [0.15, 0.2) is 54.6 Å². The number of nitrogens with zero attached hydrogens (tertiary/aromatic N) is 1. The summed E-state index contributed by atoms with van der Waals surface area (Å²) in [5, 5.41) is 11.8. The molecule has 5 heteroatoms. The number of hydrogen-bond donors (Lipinski definition) is 2. The van der Waals surface area contributed by atoms with Gasteiger partial charge in [0.1, 0.15) is 5.75 Å². The summed E-state index contributed by atoms with van der Waals surface area (Å²) in [6, 6.07) is 15.1. The molecule has 2 aromatic carbocycles. The highest BCUT2D eigenvalue weighted by atomic mass is 16.5. The molecule has 132 valence electrons. The molecule has 0 atom stereocenters. The van der Waals surface area contributed by atoms with Gasteiger partial charge >= 0.3 is 0 Å². The van der Waals surface area contributed by atoms with Crippen LogP contribution in [0.2, 0.25) is 0 Å². The van der Waals surface area contributed by atoms with Gasteiger partial charge in [-0.3, -0.25) is 4.79 Å². The third kappa shape index (κ3) is 5.36. The van der Waals surface area contributed by atoms with Gasteiger partial charge in [-0.15, -0.1) is 0 Å². The first-order valence-corrected chi connectivity index (χ1v) is 8.09. The van der Waals surface area contributed by atoms with Gasteiger partial charge in [-0.25, -0.2) is 0 Å². The number of ether oxygens (including phenoxy) is 1. The second kappa shape index (κ2) is 8.89. The molecular formula is C20H24N2O3. The molecule has 5 nitrogen and oxygen atoms in total. The molecule has 0 saturated heterocycles. The highest BCUT2D eigenvalue weighted by molar-refractivity contribution is 6.03. The van der Waals surface area contributed by atoms with Gasteiger partial charge in [0.2, 0.25) is 5.91 Å². The van der Waals surface area contributed by atoms with E-state index in [4.69, 9.17) is 9.84 Å². The molecule has 0 heterocycles. The predicted octanol–water partition coefficient (Wildman–Crippen LogP) is 3.17. The van der Waals surface area contributed by atoms with Crippen molar-refractivity contribution < 1.29 is 14.6 Å². The van der Waals surface area contributed by atoms with Crippen molar-refractivity contribution in [2.24, 2.45) is 0 Å². The van der Waals surface area contributed by atoms with E-state index in [1.54, 1.807) is 13.2 Å². The predicted molar refractivity (Wildman–Crippen MR) is 102 cm³/mol. The first-order chi connectivity index (χ1) is 12.0. The summed E-state index contributed by atoms with van der Waals surface area (Å²) in [5.74, 6) is 0.574. The summed E-state index contributed by atoms with van der Waals surface area (Å²) in [7, 11) is 3.52. The molecule has 1 amide bonds. The Kier molecular flexibility index (Phi) is 6.60. The molecular weight excluding hydrogens is 316 g/mol. The number of aliphatic hydroxyl groups is 1. The average Bonchev–Trinajstić information content (AvgIpc) is 2.62. The van der Waals surface area contributed by atoms with Crippen LogP contribution < -0.4 is 15.0 Å². The monoisotopic (exact) mass is 340 g/mol. The van der Waals surface area contributed by atoms with E-state index < -0.39 is 0 Å². The fourth-order valence-electron chi connectivity index (χ4n) is 2.41. The average molecular weight is 340 g/mol. The van der Waals surface area contributed by atoms with Crippen molar-refractivity contribution in [2.45, 2.75) is 6.92 Å². The van der Waals surface area contributed by atoms with E-state index in [0.717, 1.165) is 28.3 Å². The number of likely N-dealkylation sites (N-methyl/N-ethyl adjacent to an activating group) is 1. The number of aliphatic hydroxyl groups excluding tert-OH is 1. The van der Waals surface area contributed by atoms with Crippen molar-refractivity contribution in [3.63, 3.8) is 0 Å². The third-order valence-corrected chi connectivity index (χ3v) is 3.88. The molecule has 0 unspecified atom stereocenters. The van der Waals surface area contributed by atoms with Crippen LogP contribution in [0.5, 0.6) is 5.75 Å². The molecule has 0 saturated carbocycles. The molecule has 0 radical (unpaired) electrons. The van der Waals surface area contributed by atoms with Crippen LogP contribution in [0, 0.1) is 0 Å². The van der Waals surface area contributed by atoms with E-state index in [9.17, 15) is 4.79 Å². The van der Waals surface area contributed by atoms with Crippen LogP contribution in [-0.4, -0.2) is 38.3 Å². The first-order valence-electron chi connectivity index (χ1n) is 8.09. The third-order valence-electron chi connectivity index (χ3n) is 3.88. The number of benzene rings is 2. The molecule has 0 aliphatic carbocycles. The van der Waals surface area contributed by atoms with Crippen LogP contribution in [0.4, 0.5) is 11.4 Å². The SMILES string of the molecule is COc1cccc(/C(C)=C/C(=O)Nc2ccc(N(C)CCO)cc2)c1. The van der Waals surface area contributed by atoms with Crippen molar-refractivity contribution in [1.82, 2.24) is 0 Å². The van der Waals surface area contributed by atoms with Gasteiger partial charge in [0, 0.05) is 31.0 Å². The lowest BCUT2D eigenvalue weighted by atomic mass is 10.1. The lowest BCUT2D eigenvalue weighted by molar-refractivity contribution is -0.111. The molecule has 0 aromatic heterocycles. The van der Waals surface area contributed by atoms with Crippen molar-refractivity contribution >= 4 is 22.9 Å². The second-order valence-electron chi connectivity index (χ2n) is 5.74. The van der Waals surface area contributed by atoms with Crippen molar-refractivity contribution in [3.8, 4) is 5.75 Å². The topological polar surface area (TPSA) is 61.8 Å². The number of anilines is 2. The highest BCUT2D eigenvalue weighted by Crippen LogP contribution is 2.20. The molecule has 0 spiro atoms. The van der Waals surface area contributed by atoms with Crippen molar-refractivity contribution in [2.75, 3.05) is 37.5 Å². The minimum atomic E-state index is -0.184. The van der Waals surface area contributed by atoms with E-state index in [2.05, 4.69) is 5.32 Å². The van der Waals surface area contributed by atoms with Gasteiger partial charge in [-0.2, -0.15) is 0 Å². The number of carbonyl (C=O) groups is 1. The molecule has 0 aliphatic rings. The highest BCUT2D eigenvalue weighted by Gasteiger charge is 2.04. The standard InChI is InChI=1S/C20H24N2O3/c1-15(16-5-4-6-19(14-16)25-3)13-20(24)21-17-7-9-18(10-8-17)22(2)11-12-23/h4-10,13-14,23H,11-12H2,1-3H3,(H,21,24)/b15-13+. The lowest BCUT2D eigenvalue weighted by Gasteiger charge is -2.18. The van der Waals surface area contributed by atoms with Gasteiger partial charge in [0.05, 0.1) is 13.7 Å². The van der Waals surface area contributed by atoms with Gasteiger partial charge in [-0.1, -0.05) is 12.1 Å². The van der Waals surface area contributed by atoms with Gasteiger partial charge in [0.15, 0.2) is 0 Å². The summed E-state index contributed by atoms with van der Waals surface area (Å²) in [5.41, 5.74) is 3.50. The normalized spacial score (nSPS) is 11.1. The van der Waals surface area contributed by atoms with Crippen LogP contribution >= 0.6 is 0 Å². The number of amides is 1. The van der Waals surface area contributed by atoms with Gasteiger partial charge in [-0.05, 0) is 54.5 Å². The molecule has 2 aromatic rings. The number of nitrogens with one attached hydrogen (secondary N) is 1. The molecule has 0 bridgehead atoms. The number of rotatable bonds is 7. The summed E-state index contributed by atoms with van der Waals surface area (Å²) in [6.45, 7) is 2.55. The number of hydrogen-bond acceptors (Lipinski definition) is 4. The Morgan fingerprint density at radius 1 is 1.24 bits per heavy atom. The summed E-state index contributed by atoms with van der Waals surface area (Å²) >= 11 is 0. The summed E-state index contributed by atoms with van der Waals surface area (Å²) < 4.78 is 5.21. The van der Waals surface area contributed by atoms with Gasteiger partial charge < -0.3 is 20.1 Å². The fraction of sp³-hybridized carbons (Fsp3) is 0.250.